The zero-order valence-corrected chi connectivity index (χ0v) is 18.6. The summed E-state index contributed by atoms with van der Waals surface area (Å²) in [6, 6.07) is 15.3. The van der Waals surface area contributed by atoms with Crippen molar-refractivity contribution in [2.45, 2.75) is 31.2 Å². The number of thioether (sulfide) groups is 1. The van der Waals surface area contributed by atoms with Gasteiger partial charge in [-0.2, -0.15) is 11.8 Å². The SMILES string of the molecule is CSCCC(NC(=O)C(C)NS(=O)(=O)Cc1ccccc1)c1nc2ccccc2[nH]1. The van der Waals surface area contributed by atoms with Crippen LogP contribution in [0.4, 0.5) is 0 Å². The Bertz CT molecular complexity index is 1050. The lowest BCUT2D eigenvalue weighted by atomic mass is 10.2. The minimum Gasteiger partial charge on any atom is -0.345 e. The molecular weight excluding hydrogens is 420 g/mol. The van der Waals surface area contributed by atoms with Crippen LogP contribution in [0.5, 0.6) is 0 Å². The lowest BCUT2D eigenvalue weighted by molar-refractivity contribution is -0.123. The normalized spacial score (nSPS) is 13.8. The van der Waals surface area contributed by atoms with Crippen molar-refractivity contribution in [1.82, 2.24) is 20.0 Å². The molecule has 0 fully saturated rings. The van der Waals surface area contributed by atoms with Gasteiger partial charge in [-0.1, -0.05) is 42.5 Å². The highest BCUT2D eigenvalue weighted by Gasteiger charge is 2.24. The lowest BCUT2D eigenvalue weighted by Crippen LogP contribution is -2.46. The first-order valence-electron chi connectivity index (χ1n) is 9.66. The number of fused-ring (bicyclic) bond motifs is 1. The van der Waals surface area contributed by atoms with Gasteiger partial charge >= 0.3 is 0 Å². The number of aromatic amines is 1. The molecule has 0 saturated carbocycles. The topological polar surface area (TPSA) is 104 Å². The number of H-pyrrole nitrogens is 1. The zero-order valence-electron chi connectivity index (χ0n) is 17.0. The van der Waals surface area contributed by atoms with Crippen LogP contribution < -0.4 is 10.0 Å². The molecule has 1 heterocycles. The predicted octanol–water partition coefficient (Wildman–Crippen LogP) is 2.98. The van der Waals surface area contributed by atoms with E-state index in [4.69, 9.17) is 0 Å². The molecule has 3 rings (SSSR count). The molecule has 0 spiro atoms. The Hall–Kier alpha value is -2.36. The maximum atomic E-state index is 12.7. The molecular formula is C21H26N4O3S2. The smallest absolute Gasteiger partial charge is 0.238 e. The third-order valence-electron chi connectivity index (χ3n) is 4.61. The Labute approximate surface area is 181 Å². The monoisotopic (exact) mass is 446 g/mol. The first-order chi connectivity index (χ1) is 14.4. The van der Waals surface area contributed by atoms with E-state index in [9.17, 15) is 13.2 Å². The van der Waals surface area contributed by atoms with Crippen LogP contribution in [-0.2, 0) is 20.6 Å². The number of hydrogen-bond acceptors (Lipinski definition) is 5. The van der Waals surface area contributed by atoms with Crippen LogP contribution in [0.15, 0.2) is 54.6 Å². The molecule has 2 unspecified atom stereocenters. The van der Waals surface area contributed by atoms with Crippen LogP contribution >= 0.6 is 11.8 Å². The van der Waals surface area contributed by atoms with E-state index in [1.54, 1.807) is 43.0 Å². The van der Waals surface area contributed by atoms with Gasteiger partial charge in [0.2, 0.25) is 15.9 Å². The maximum Gasteiger partial charge on any atom is 0.238 e. The van der Waals surface area contributed by atoms with Gasteiger partial charge in [0.05, 0.1) is 28.9 Å². The van der Waals surface area contributed by atoms with Crippen LogP contribution in [0.25, 0.3) is 11.0 Å². The van der Waals surface area contributed by atoms with Crippen molar-refractivity contribution in [2.24, 2.45) is 0 Å². The number of para-hydroxylation sites is 2. The van der Waals surface area contributed by atoms with E-state index < -0.39 is 22.0 Å². The summed E-state index contributed by atoms with van der Waals surface area (Å²) < 4.78 is 27.4. The van der Waals surface area contributed by atoms with Gasteiger partial charge in [0.1, 0.15) is 5.82 Å². The summed E-state index contributed by atoms with van der Waals surface area (Å²) in [6.07, 6.45) is 2.67. The van der Waals surface area contributed by atoms with Crippen LogP contribution in [0.1, 0.15) is 30.8 Å². The lowest BCUT2D eigenvalue weighted by Gasteiger charge is -2.20. The molecule has 0 aliphatic carbocycles. The standard InChI is InChI=1S/C21H26N4O3S2/c1-15(25-30(27,28)14-16-8-4-3-5-9-16)21(26)24-19(12-13-29-2)20-22-17-10-6-7-11-18(17)23-20/h3-11,15,19,25H,12-14H2,1-2H3,(H,22,23)(H,24,26). The molecule has 0 bridgehead atoms. The van der Waals surface area contributed by atoms with Crippen molar-refractivity contribution in [1.29, 1.82) is 0 Å². The fourth-order valence-corrected chi connectivity index (χ4v) is 4.94. The molecule has 1 amide bonds. The van der Waals surface area contributed by atoms with Gasteiger partial charge in [-0.05, 0) is 43.0 Å². The molecule has 1 aromatic heterocycles. The molecule has 3 N–H and O–H groups in total. The fraction of sp³-hybridized carbons (Fsp3) is 0.333. The quantitative estimate of drug-likeness (QED) is 0.444. The number of benzene rings is 2. The molecule has 0 radical (unpaired) electrons. The third kappa shape index (κ3) is 6.07. The average Bonchev–Trinajstić information content (AvgIpc) is 3.15. The number of sulfonamides is 1. The molecule has 2 atom stereocenters. The Morgan fingerprint density at radius 2 is 1.83 bits per heavy atom. The molecule has 160 valence electrons. The summed E-state index contributed by atoms with van der Waals surface area (Å²) >= 11 is 1.67. The fourth-order valence-electron chi connectivity index (χ4n) is 3.11. The second kappa shape index (κ2) is 10.1. The molecule has 3 aromatic rings. The number of hydrogen-bond donors (Lipinski definition) is 3. The number of imidazole rings is 1. The zero-order chi connectivity index (χ0) is 21.6. The van der Waals surface area contributed by atoms with Crippen molar-refractivity contribution in [3.63, 3.8) is 0 Å². The summed E-state index contributed by atoms with van der Waals surface area (Å²) in [5, 5.41) is 2.94. The molecule has 0 saturated heterocycles. The maximum absolute atomic E-state index is 12.7. The average molecular weight is 447 g/mol. The molecule has 0 aliphatic rings. The highest BCUT2D eigenvalue weighted by Crippen LogP contribution is 2.20. The van der Waals surface area contributed by atoms with Gasteiger partial charge in [0.15, 0.2) is 0 Å². The molecule has 30 heavy (non-hydrogen) atoms. The second-order valence-corrected chi connectivity index (χ2v) is 9.81. The largest absolute Gasteiger partial charge is 0.345 e. The molecule has 0 aliphatic heterocycles. The van der Waals surface area contributed by atoms with E-state index in [0.29, 0.717) is 17.8 Å². The number of nitrogens with one attached hydrogen (secondary N) is 3. The highest BCUT2D eigenvalue weighted by atomic mass is 32.2. The first kappa shape index (κ1) is 22.3. The van der Waals surface area contributed by atoms with Gasteiger partial charge in [-0.25, -0.2) is 18.1 Å². The summed E-state index contributed by atoms with van der Waals surface area (Å²) in [6.45, 7) is 1.54. The van der Waals surface area contributed by atoms with E-state index in [-0.39, 0.29) is 11.8 Å². The van der Waals surface area contributed by atoms with E-state index >= 15 is 0 Å². The van der Waals surface area contributed by atoms with E-state index in [1.165, 1.54) is 0 Å². The number of carbonyl (C=O) groups excluding carboxylic acids is 1. The second-order valence-electron chi connectivity index (χ2n) is 7.07. The molecule has 7 nitrogen and oxygen atoms in total. The first-order valence-corrected chi connectivity index (χ1v) is 12.7. The predicted molar refractivity (Wildman–Crippen MR) is 122 cm³/mol. The number of nitrogens with zero attached hydrogens (tertiary/aromatic N) is 1. The highest BCUT2D eigenvalue weighted by molar-refractivity contribution is 7.98. The minimum atomic E-state index is -3.66. The van der Waals surface area contributed by atoms with Crippen LogP contribution in [0.3, 0.4) is 0 Å². The number of amides is 1. The Morgan fingerprint density at radius 1 is 1.13 bits per heavy atom. The Morgan fingerprint density at radius 3 is 2.53 bits per heavy atom. The summed E-state index contributed by atoms with van der Waals surface area (Å²) in [4.78, 5) is 20.6. The van der Waals surface area contributed by atoms with E-state index in [0.717, 1.165) is 16.8 Å². The summed E-state index contributed by atoms with van der Waals surface area (Å²) in [7, 11) is -3.66. The van der Waals surface area contributed by atoms with E-state index in [1.807, 2.05) is 36.6 Å². The Balaban J connectivity index is 1.68. The summed E-state index contributed by atoms with van der Waals surface area (Å²) in [5.74, 6) is 0.928. The van der Waals surface area contributed by atoms with Gasteiger partial charge in [0.25, 0.3) is 0 Å². The minimum absolute atomic E-state index is 0.176. The van der Waals surface area contributed by atoms with Gasteiger partial charge in [-0.3, -0.25) is 4.79 Å². The van der Waals surface area contributed by atoms with Gasteiger partial charge in [-0.15, -0.1) is 0 Å². The Kier molecular flexibility index (Phi) is 7.52. The van der Waals surface area contributed by atoms with Crippen molar-refractivity contribution in [3.8, 4) is 0 Å². The molecule has 2 aromatic carbocycles. The van der Waals surface area contributed by atoms with Gasteiger partial charge < -0.3 is 10.3 Å². The van der Waals surface area contributed by atoms with Crippen LogP contribution in [0, 0.1) is 0 Å². The van der Waals surface area contributed by atoms with Crippen molar-refractivity contribution < 1.29 is 13.2 Å². The number of rotatable bonds is 10. The van der Waals surface area contributed by atoms with Crippen molar-refractivity contribution >= 4 is 38.7 Å². The van der Waals surface area contributed by atoms with Crippen LogP contribution in [0.2, 0.25) is 0 Å². The van der Waals surface area contributed by atoms with Crippen molar-refractivity contribution in [2.75, 3.05) is 12.0 Å². The third-order valence-corrected chi connectivity index (χ3v) is 6.68. The summed E-state index contributed by atoms with van der Waals surface area (Å²) in [5.41, 5.74) is 2.39. The van der Waals surface area contributed by atoms with Crippen LogP contribution in [-0.4, -0.2) is 42.3 Å². The van der Waals surface area contributed by atoms with E-state index in [2.05, 4.69) is 20.0 Å². The van der Waals surface area contributed by atoms with Crippen molar-refractivity contribution in [3.05, 3.63) is 66.0 Å². The number of carbonyl (C=O) groups is 1. The molecule has 9 heteroatoms. The number of aromatic nitrogens is 2. The van der Waals surface area contributed by atoms with Gasteiger partial charge in [0, 0.05) is 0 Å².